The third-order valence-corrected chi connectivity index (χ3v) is 4.13. The lowest BCUT2D eigenvalue weighted by molar-refractivity contribution is 0.00578. The van der Waals surface area contributed by atoms with Crippen molar-refractivity contribution in [3.8, 4) is 0 Å². The van der Waals surface area contributed by atoms with E-state index in [4.69, 9.17) is 9.31 Å². The predicted molar refractivity (Wildman–Crippen MR) is 77.7 cm³/mol. The van der Waals surface area contributed by atoms with E-state index >= 15 is 0 Å². The van der Waals surface area contributed by atoms with Gasteiger partial charge in [-0.25, -0.2) is 0 Å². The largest absolute Gasteiger partial charge is 0.498 e. The quantitative estimate of drug-likeness (QED) is 0.730. The minimum atomic E-state index is -0.332. The molecule has 0 bridgehead atoms. The number of nitrogens with zero attached hydrogens (tertiary/aromatic N) is 2. The van der Waals surface area contributed by atoms with E-state index in [0.29, 0.717) is 0 Å². The highest BCUT2D eigenvalue weighted by atomic mass is 16.7. The Labute approximate surface area is 116 Å². The van der Waals surface area contributed by atoms with Crippen molar-refractivity contribution in [1.29, 1.82) is 0 Å². The molecule has 1 aliphatic rings. The second-order valence-corrected chi connectivity index (χ2v) is 7.37. The lowest BCUT2D eigenvalue weighted by Gasteiger charge is -2.32. The fourth-order valence-electron chi connectivity index (χ4n) is 2.02. The lowest BCUT2D eigenvalue weighted by Crippen LogP contribution is -2.41. The van der Waals surface area contributed by atoms with Crippen LogP contribution in [0.1, 0.15) is 54.2 Å². The SMILES string of the molecule is Cc1nn(C(C)(C)C)cc1B1OC(C)(C)C(C)(C)O1. The van der Waals surface area contributed by atoms with Crippen molar-refractivity contribution >= 4 is 12.6 Å². The van der Waals surface area contributed by atoms with Crippen LogP contribution < -0.4 is 5.46 Å². The Morgan fingerprint density at radius 2 is 1.58 bits per heavy atom. The van der Waals surface area contributed by atoms with Gasteiger partial charge in [0.1, 0.15) is 0 Å². The number of aryl methyl sites for hydroxylation is 1. The summed E-state index contributed by atoms with van der Waals surface area (Å²) in [4.78, 5) is 0. The first-order valence-corrected chi connectivity index (χ1v) is 6.86. The molecule has 1 aliphatic heterocycles. The van der Waals surface area contributed by atoms with Gasteiger partial charge in [0.15, 0.2) is 0 Å². The maximum atomic E-state index is 6.08. The van der Waals surface area contributed by atoms with Crippen molar-refractivity contribution in [3.63, 3.8) is 0 Å². The monoisotopic (exact) mass is 264 g/mol. The molecule has 5 heteroatoms. The van der Waals surface area contributed by atoms with E-state index in [1.54, 1.807) is 0 Å². The average Bonchev–Trinajstić information content (AvgIpc) is 2.65. The predicted octanol–water partition coefficient (Wildman–Crippen LogP) is 2.25. The molecule has 0 atom stereocenters. The molecule has 19 heavy (non-hydrogen) atoms. The molecule has 2 rings (SSSR count). The van der Waals surface area contributed by atoms with Crippen LogP contribution in [0, 0.1) is 6.92 Å². The van der Waals surface area contributed by atoms with Crippen LogP contribution >= 0.6 is 0 Å². The second-order valence-electron chi connectivity index (χ2n) is 7.37. The Balaban J connectivity index is 2.33. The molecule has 4 nitrogen and oxygen atoms in total. The molecule has 106 valence electrons. The van der Waals surface area contributed by atoms with Crippen molar-refractivity contribution in [1.82, 2.24) is 9.78 Å². The molecule has 0 radical (unpaired) electrons. The van der Waals surface area contributed by atoms with E-state index in [9.17, 15) is 0 Å². The van der Waals surface area contributed by atoms with Crippen LogP contribution in [0.25, 0.3) is 0 Å². The van der Waals surface area contributed by atoms with Gasteiger partial charge in [0, 0.05) is 11.7 Å². The molecular weight excluding hydrogens is 239 g/mol. The summed E-state index contributed by atoms with van der Waals surface area (Å²) in [6, 6.07) is 0. The van der Waals surface area contributed by atoms with Gasteiger partial charge in [0.2, 0.25) is 0 Å². The first-order chi connectivity index (χ1) is 8.44. The van der Waals surface area contributed by atoms with Gasteiger partial charge < -0.3 is 9.31 Å². The van der Waals surface area contributed by atoms with Gasteiger partial charge in [-0.1, -0.05) is 0 Å². The van der Waals surface area contributed by atoms with Gasteiger partial charge in [-0.15, -0.1) is 0 Å². The molecule has 1 aromatic heterocycles. The molecule has 0 aromatic carbocycles. The third kappa shape index (κ3) is 2.46. The van der Waals surface area contributed by atoms with E-state index < -0.39 is 0 Å². The highest BCUT2D eigenvalue weighted by molar-refractivity contribution is 6.62. The molecule has 2 heterocycles. The Hall–Kier alpha value is -0.805. The van der Waals surface area contributed by atoms with E-state index in [1.807, 2.05) is 17.8 Å². The zero-order chi connectivity index (χ0) is 14.6. The Morgan fingerprint density at radius 1 is 1.11 bits per heavy atom. The lowest BCUT2D eigenvalue weighted by atomic mass is 9.79. The van der Waals surface area contributed by atoms with Crippen LogP contribution in [0.5, 0.6) is 0 Å². The molecule has 0 saturated carbocycles. The summed E-state index contributed by atoms with van der Waals surface area (Å²) in [5.74, 6) is 0. The van der Waals surface area contributed by atoms with E-state index in [1.165, 1.54) is 0 Å². The fourth-order valence-corrected chi connectivity index (χ4v) is 2.02. The van der Waals surface area contributed by atoms with Crippen LogP contribution in [0.3, 0.4) is 0 Å². The Morgan fingerprint density at radius 3 is 1.95 bits per heavy atom. The van der Waals surface area contributed by atoms with Gasteiger partial charge in [-0.3, -0.25) is 4.68 Å². The highest BCUT2D eigenvalue weighted by Gasteiger charge is 2.52. The molecule has 1 aromatic rings. The fraction of sp³-hybridized carbons (Fsp3) is 0.786. The van der Waals surface area contributed by atoms with Crippen molar-refractivity contribution < 1.29 is 9.31 Å². The topological polar surface area (TPSA) is 36.3 Å². The normalized spacial score (nSPS) is 22.0. The van der Waals surface area contributed by atoms with Crippen molar-refractivity contribution in [2.24, 2.45) is 0 Å². The number of aromatic nitrogens is 2. The first kappa shape index (κ1) is 14.6. The molecular formula is C14H25BN2O2. The standard InChI is InChI=1S/C14H25BN2O2/c1-10-11(9-17(16-10)12(2,3)4)15-18-13(5,6)14(7,8)19-15/h9H,1-8H3. The number of hydrogen-bond acceptors (Lipinski definition) is 3. The Kier molecular flexibility index (Phi) is 3.15. The van der Waals surface area contributed by atoms with Gasteiger partial charge in [0.25, 0.3) is 0 Å². The van der Waals surface area contributed by atoms with Crippen LogP contribution in [0.4, 0.5) is 0 Å². The second kappa shape index (κ2) is 4.09. The van der Waals surface area contributed by atoms with E-state index in [2.05, 4.69) is 53.6 Å². The molecule has 0 aliphatic carbocycles. The highest BCUT2D eigenvalue weighted by Crippen LogP contribution is 2.36. The first-order valence-electron chi connectivity index (χ1n) is 6.86. The van der Waals surface area contributed by atoms with Gasteiger partial charge in [-0.2, -0.15) is 5.10 Å². The third-order valence-electron chi connectivity index (χ3n) is 4.13. The smallest absolute Gasteiger partial charge is 0.399 e. The summed E-state index contributed by atoms with van der Waals surface area (Å²) < 4.78 is 14.1. The minimum Gasteiger partial charge on any atom is -0.399 e. The summed E-state index contributed by atoms with van der Waals surface area (Å²) in [7, 11) is -0.332. The summed E-state index contributed by atoms with van der Waals surface area (Å²) >= 11 is 0. The van der Waals surface area contributed by atoms with Crippen LogP contribution in [0.15, 0.2) is 6.20 Å². The maximum absolute atomic E-state index is 6.08. The molecule has 0 spiro atoms. The van der Waals surface area contributed by atoms with Crippen molar-refractivity contribution in [2.75, 3.05) is 0 Å². The van der Waals surface area contributed by atoms with Crippen molar-refractivity contribution in [3.05, 3.63) is 11.9 Å². The summed E-state index contributed by atoms with van der Waals surface area (Å²) in [5, 5.41) is 4.58. The zero-order valence-electron chi connectivity index (χ0n) is 13.4. The molecule has 1 saturated heterocycles. The van der Waals surface area contributed by atoms with Crippen LogP contribution in [-0.4, -0.2) is 28.1 Å². The molecule has 0 N–H and O–H groups in total. The van der Waals surface area contributed by atoms with Gasteiger partial charge in [-0.05, 0) is 55.4 Å². The molecule has 1 fully saturated rings. The van der Waals surface area contributed by atoms with E-state index in [0.717, 1.165) is 11.2 Å². The summed E-state index contributed by atoms with van der Waals surface area (Å²) in [5.41, 5.74) is 1.33. The minimum absolute atomic E-state index is 0.0351. The van der Waals surface area contributed by atoms with Gasteiger partial charge >= 0.3 is 7.12 Å². The maximum Gasteiger partial charge on any atom is 0.498 e. The van der Waals surface area contributed by atoms with Crippen LogP contribution in [-0.2, 0) is 14.8 Å². The number of rotatable bonds is 1. The van der Waals surface area contributed by atoms with Crippen molar-refractivity contribution in [2.45, 2.75) is 72.1 Å². The van der Waals surface area contributed by atoms with Gasteiger partial charge in [0.05, 0.1) is 22.4 Å². The van der Waals surface area contributed by atoms with E-state index in [-0.39, 0.29) is 23.9 Å². The molecule has 0 unspecified atom stereocenters. The zero-order valence-corrected chi connectivity index (χ0v) is 13.4. The summed E-state index contributed by atoms with van der Waals surface area (Å²) in [6.45, 7) is 16.7. The molecule has 0 amide bonds. The summed E-state index contributed by atoms with van der Waals surface area (Å²) in [6.07, 6.45) is 2.04. The average molecular weight is 264 g/mol. The number of hydrogen-bond donors (Lipinski definition) is 0. The Bertz CT molecular complexity index is 470. The van der Waals surface area contributed by atoms with Crippen LogP contribution in [0.2, 0.25) is 0 Å².